The normalized spacial score (nSPS) is 30.3. The van der Waals surface area contributed by atoms with E-state index >= 15 is 0 Å². The second-order valence-corrected chi connectivity index (χ2v) is 9.42. The van der Waals surface area contributed by atoms with Gasteiger partial charge in [-0.3, -0.25) is 4.79 Å². The lowest BCUT2D eigenvalue weighted by molar-refractivity contribution is -0.196. The van der Waals surface area contributed by atoms with Crippen LogP contribution >= 0.6 is 0 Å². The van der Waals surface area contributed by atoms with Gasteiger partial charge in [0.1, 0.15) is 22.7 Å². The third-order valence-corrected chi connectivity index (χ3v) is 6.95. The van der Waals surface area contributed by atoms with E-state index in [9.17, 15) is 9.90 Å². The maximum Gasteiger partial charge on any atom is 0.311 e. The minimum absolute atomic E-state index is 0.164. The van der Waals surface area contributed by atoms with Crippen molar-refractivity contribution in [3.63, 3.8) is 0 Å². The molecule has 1 aromatic carbocycles. The average Bonchev–Trinajstić information content (AvgIpc) is 2.58. The molecule has 4 heteroatoms. The van der Waals surface area contributed by atoms with Gasteiger partial charge in [-0.1, -0.05) is 31.4 Å². The number of cyclic esters (lactones) is 1. The number of fused-ring (bicyclic) bond motifs is 3. The average molecular weight is 385 g/mol. The van der Waals surface area contributed by atoms with Crippen LogP contribution < -0.4 is 4.74 Å². The predicted octanol–water partition coefficient (Wildman–Crippen LogP) is 5.73. The molecule has 1 aromatic rings. The summed E-state index contributed by atoms with van der Waals surface area (Å²) in [6.45, 7) is 8.62. The van der Waals surface area contributed by atoms with Crippen LogP contribution in [0.4, 0.5) is 0 Å². The Labute approximate surface area is 167 Å². The molecule has 3 aliphatic rings. The van der Waals surface area contributed by atoms with Gasteiger partial charge in [-0.15, -0.1) is 0 Å². The molecule has 3 atom stereocenters. The molecule has 2 heterocycles. The van der Waals surface area contributed by atoms with Crippen molar-refractivity contribution in [2.24, 2.45) is 5.92 Å². The van der Waals surface area contributed by atoms with Gasteiger partial charge in [0.2, 0.25) is 0 Å². The monoisotopic (exact) mass is 384 g/mol. The predicted molar refractivity (Wildman–Crippen MR) is 109 cm³/mol. The molecular weight excluding hydrogens is 352 g/mol. The molecule has 1 N–H and O–H groups in total. The highest BCUT2D eigenvalue weighted by Gasteiger charge is 2.50. The Balaban J connectivity index is 1.73. The zero-order valence-electron chi connectivity index (χ0n) is 17.5. The Morgan fingerprint density at radius 1 is 1.21 bits per heavy atom. The number of benzene rings is 1. The van der Waals surface area contributed by atoms with Crippen LogP contribution in [0.3, 0.4) is 0 Å². The lowest BCUT2D eigenvalue weighted by Gasteiger charge is -2.48. The number of phenols is 1. The zero-order valence-corrected chi connectivity index (χ0v) is 17.5. The van der Waals surface area contributed by atoms with Gasteiger partial charge < -0.3 is 14.6 Å². The van der Waals surface area contributed by atoms with Crippen molar-refractivity contribution in [1.82, 2.24) is 0 Å². The standard InChI is InChI=1S/C24H32O4/c1-5-6-7-10-24(14-21(26)28-24)16-12-19(25)22-17-11-15(2)8-9-18(17)23(3,4)27-20(22)13-16/h8,12-13,17-18,25H,5-7,9-11,14H2,1-4H3/t17-,18-,24?/m1/s1. The van der Waals surface area contributed by atoms with Crippen LogP contribution in [0.15, 0.2) is 23.8 Å². The quantitative estimate of drug-likeness (QED) is 0.400. The highest BCUT2D eigenvalue weighted by Crippen LogP contribution is 2.56. The van der Waals surface area contributed by atoms with E-state index in [1.54, 1.807) is 0 Å². The van der Waals surface area contributed by atoms with Crippen molar-refractivity contribution in [2.75, 3.05) is 0 Å². The van der Waals surface area contributed by atoms with Crippen molar-refractivity contribution >= 4 is 5.97 Å². The van der Waals surface area contributed by atoms with Crippen molar-refractivity contribution in [1.29, 1.82) is 0 Å². The molecule has 1 aliphatic carbocycles. The highest BCUT2D eigenvalue weighted by molar-refractivity contribution is 5.78. The van der Waals surface area contributed by atoms with Gasteiger partial charge in [-0.25, -0.2) is 0 Å². The second-order valence-electron chi connectivity index (χ2n) is 9.42. The minimum atomic E-state index is -0.606. The van der Waals surface area contributed by atoms with E-state index in [1.165, 1.54) is 5.57 Å². The summed E-state index contributed by atoms with van der Waals surface area (Å²) in [5, 5.41) is 11.0. The lowest BCUT2D eigenvalue weighted by Crippen LogP contribution is -2.47. The Morgan fingerprint density at radius 2 is 1.96 bits per heavy atom. The molecule has 0 spiro atoms. The Bertz CT molecular complexity index is 812. The third-order valence-electron chi connectivity index (χ3n) is 6.95. The number of unbranched alkanes of at least 4 members (excludes halogenated alkanes) is 2. The van der Waals surface area contributed by atoms with Crippen molar-refractivity contribution in [3.05, 3.63) is 34.9 Å². The summed E-state index contributed by atoms with van der Waals surface area (Å²) in [6, 6.07) is 3.85. The molecule has 152 valence electrons. The van der Waals surface area contributed by atoms with E-state index < -0.39 is 5.60 Å². The van der Waals surface area contributed by atoms with Crippen LogP contribution in [0.5, 0.6) is 11.5 Å². The van der Waals surface area contributed by atoms with E-state index in [0.29, 0.717) is 12.3 Å². The second kappa shape index (κ2) is 6.82. The number of carbonyl (C=O) groups excluding carboxylic acids is 1. The van der Waals surface area contributed by atoms with E-state index in [-0.39, 0.29) is 23.2 Å². The van der Waals surface area contributed by atoms with Crippen LogP contribution in [0.2, 0.25) is 0 Å². The SMILES string of the molecule is CCCCCC1(c2cc(O)c3c(c2)OC(C)(C)[C@@H]2CC=C(C)C[C@@H]32)CC(=O)O1. The largest absolute Gasteiger partial charge is 0.508 e. The molecule has 1 saturated heterocycles. The smallest absolute Gasteiger partial charge is 0.311 e. The van der Waals surface area contributed by atoms with Crippen LogP contribution in [-0.4, -0.2) is 16.7 Å². The number of hydrogen-bond donors (Lipinski definition) is 1. The summed E-state index contributed by atoms with van der Waals surface area (Å²) in [5.41, 5.74) is 2.26. The van der Waals surface area contributed by atoms with Crippen LogP contribution in [0.25, 0.3) is 0 Å². The first-order valence-corrected chi connectivity index (χ1v) is 10.7. The molecule has 0 amide bonds. The Hall–Kier alpha value is -1.97. The zero-order chi connectivity index (χ0) is 20.1. The molecule has 4 nitrogen and oxygen atoms in total. The molecule has 0 aromatic heterocycles. The van der Waals surface area contributed by atoms with Crippen LogP contribution in [0, 0.1) is 5.92 Å². The fourth-order valence-electron chi connectivity index (χ4n) is 5.38. The number of rotatable bonds is 5. The summed E-state index contributed by atoms with van der Waals surface area (Å²) in [4.78, 5) is 11.7. The van der Waals surface area contributed by atoms with Gasteiger partial charge >= 0.3 is 5.97 Å². The molecule has 0 bridgehead atoms. The Kier molecular flexibility index (Phi) is 4.71. The van der Waals surface area contributed by atoms with Crippen molar-refractivity contribution in [3.8, 4) is 11.5 Å². The number of aromatic hydroxyl groups is 1. The third kappa shape index (κ3) is 3.11. The topological polar surface area (TPSA) is 55.8 Å². The molecule has 1 unspecified atom stereocenters. The molecule has 0 radical (unpaired) electrons. The van der Waals surface area contributed by atoms with Gasteiger partial charge in [0.05, 0.1) is 6.42 Å². The number of ether oxygens (including phenoxy) is 2. The van der Waals surface area contributed by atoms with Gasteiger partial charge in [-0.05, 0) is 58.6 Å². The molecule has 0 saturated carbocycles. The van der Waals surface area contributed by atoms with E-state index in [4.69, 9.17) is 9.47 Å². The van der Waals surface area contributed by atoms with E-state index in [1.807, 2.05) is 12.1 Å². The molecular formula is C24H32O4. The molecule has 1 fully saturated rings. The van der Waals surface area contributed by atoms with Gasteiger partial charge in [0, 0.05) is 23.0 Å². The minimum Gasteiger partial charge on any atom is -0.508 e. The summed E-state index contributed by atoms with van der Waals surface area (Å²) >= 11 is 0. The van der Waals surface area contributed by atoms with Crippen LogP contribution in [0.1, 0.15) is 89.7 Å². The fraction of sp³-hybridized carbons (Fsp3) is 0.625. The maximum absolute atomic E-state index is 11.7. The van der Waals surface area contributed by atoms with Crippen molar-refractivity contribution in [2.45, 2.75) is 89.8 Å². The van der Waals surface area contributed by atoms with E-state index in [0.717, 1.165) is 55.4 Å². The van der Waals surface area contributed by atoms with Gasteiger partial charge in [0.15, 0.2) is 0 Å². The fourth-order valence-corrected chi connectivity index (χ4v) is 5.38. The number of carbonyl (C=O) groups is 1. The Morgan fingerprint density at radius 3 is 2.64 bits per heavy atom. The number of hydrogen-bond acceptors (Lipinski definition) is 4. The number of esters is 1. The van der Waals surface area contributed by atoms with E-state index in [2.05, 4.69) is 33.8 Å². The first kappa shape index (κ1) is 19.4. The number of phenolic OH excluding ortho intramolecular Hbond substituents is 1. The summed E-state index contributed by atoms with van der Waals surface area (Å²) in [7, 11) is 0. The van der Waals surface area contributed by atoms with Gasteiger partial charge in [0.25, 0.3) is 0 Å². The van der Waals surface area contributed by atoms with Crippen molar-refractivity contribution < 1.29 is 19.4 Å². The summed E-state index contributed by atoms with van der Waals surface area (Å²) in [5.74, 6) is 1.49. The number of allylic oxidation sites excluding steroid dienone is 2. The lowest BCUT2D eigenvalue weighted by atomic mass is 9.66. The summed E-state index contributed by atoms with van der Waals surface area (Å²) < 4.78 is 12.1. The highest BCUT2D eigenvalue weighted by atomic mass is 16.6. The molecule has 28 heavy (non-hydrogen) atoms. The first-order valence-electron chi connectivity index (χ1n) is 10.7. The maximum atomic E-state index is 11.7. The molecule has 2 aliphatic heterocycles. The molecule has 4 rings (SSSR count). The van der Waals surface area contributed by atoms with Gasteiger partial charge in [-0.2, -0.15) is 0 Å². The summed E-state index contributed by atoms with van der Waals surface area (Å²) in [6.07, 6.45) is 8.63. The van der Waals surface area contributed by atoms with Crippen LogP contribution in [-0.2, 0) is 15.1 Å². The first-order chi connectivity index (χ1) is 13.3.